The minimum Gasteiger partial charge on any atom is -0.353 e. The van der Waals surface area contributed by atoms with Crippen LogP contribution < -0.4 is 4.90 Å². The summed E-state index contributed by atoms with van der Waals surface area (Å²) in [5.74, 6) is 3.97. The van der Waals surface area contributed by atoms with Gasteiger partial charge in [0.2, 0.25) is 5.91 Å². The normalized spacial score (nSPS) is 36.8. The molecule has 6 rings (SSSR count). The van der Waals surface area contributed by atoms with Crippen LogP contribution in [0.25, 0.3) is 0 Å². The molecule has 1 aromatic heterocycles. The third-order valence-electron chi connectivity index (χ3n) is 7.17. The van der Waals surface area contributed by atoms with Crippen LogP contribution in [0.1, 0.15) is 44.2 Å². The van der Waals surface area contributed by atoms with Gasteiger partial charge in [-0.2, -0.15) is 0 Å². The van der Waals surface area contributed by atoms with E-state index < -0.39 is 0 Å². The SMILES string of the molecule is Cc1cc(N2CCN(C(=O)C34CC5CC(CC(C5)C3)C4)CC2)ncn1. The van der Waals surface area contributed by atoms with Crippen molar-refractivity contribution in [1.29, 1.82) is 0 Å². The van der Waals surface area contributed by atoms with Gasteiger partial charge >= 0.3 is 0 Å². The summed E-state index contributed by atoms with van der Waals surface area (Å²) in [7, 11) is 0. The summed E-state index contributed by atoms with van der Waals surface area (Å²) < 4.78 is 0. The zero-order valence-electron chi connectivity index (χ0n) is 15.2. The molecule has 0 N–H and O–H groups in total. The second-order valence-electron chi connectivity index (χ2n) is 8.99. The van der Waals surface area contributed by atoms with Gasteiger partial charge in [0.15, 0.2) is 0 Å². The van der Waals surface area contributed by atoms with Crippen molar-refractivity contribution < 1.29 is 4.79 Å². The topological polar surface area (TPSA) is 49.3 Å². The summed E-state index contributed by atoms with van der Waals surface area (Å²) in [6.45, 7) is 5.44. The molecule has 4 bridgehead atoms. The highest BCUT2D eigenvalue weighted by molar-refractivity contribution is 5.83. The Bertz CT molecular complexity index is 645. The Morgan fingerprint density at radius 2 is 1.60 bits per heavy atom. The Kier molecular flexibility index (Phi) is 3.54. The van der Waals surface area contributed by atoms with E-state index in [0.717, 1.165) is 55.4 Å². The smallest absolute Gasteiger partial charge is 0.228 e. The Balaban J connectivity index is 1.27. The molecule has 0 unspecified atom stereocenters. The third-order valence-corrected chi connectivity index (χ3v) is 7.17. The fourth-order valence-corrected chi connectivity index (χ4v) is 6.46. The maximum atomic E-state index is 13.4. The molecule has 0 radical (unpaired) electrons. The molecule has 1 amide bonds. The molecule has 1 aliphatic heterocycles. The molecule has 5 heteroatoms. The zero-order chi connectivity index (χ0) is 17.0. The number of nitrogens with zero attached hydrogens (tertiary/aromatic N) is 4. The van der Waals surface area contributed by atoms with Crippen LogP contribution in [0.3, 0.4) is 0 Å². The van der Waals surface area contributed by atoms with Gasteiger partial charge in [-0.25, -0.2) is 9.97 Å². The summed E-state index contributed by atoms with van der Waals surface area (Å²) in [6.07, 6.45) is 9.33. The number of piperazine rings is 1. The Labute approximate surface area is 149 Å². The first-order valence-electron chi connectivity index (χ1n) is 9.94. The summed E-state index contributed by atoms with van der Waals surface area (Å²) in [5.41, 5.74) is 1.000. The van der Waals surface area contributed by atoms with E-state index in [1.54, 1.807) is 6.33 Å². The quantitative estimate of drug-likeness (QED) is 0.830. The van der Waals surface area contributed by atoms with Gasteiger partial charge in [-0.3, -0.25) is 4.79 Å². The van der Waals surface area contributed by atoms with E-state index in [1.807, 2.05) is 13.0 Å². The van der Waals surface area contributed by atoms with Gasteiger partial charge in [0.25, 0.3) is 0 Å². The molecular weight excluding hydrogens is 312 g/mol. The molecule has 4 aliphatic carbocycles. The number of carbonyl (C=O) groups is 1. The second kappa shape index (κ2) is 5.68. The van der Waals surface area contributed by atoms with E-state index in [4.69, 9.17) is 0 Å². The minimum absolute atomic E-state index is 0.00241. The number of carbonyl (C=O) groups excluding carboxylic acids is 1. The molecule has 0 aromatic carbocycles. The second-order valence-corrected chi connectivity index (χ2v) is 8.99. The van der Waals surface area contributed by atoms with Crippen LogP contribution in [0.4, 0.5) is 5.82 Å². The summed E-state index contributed by atoms with van der Waals surface area (Å²) >= 11 is 0. The average Bonchev–Trinajstić information content (AvgIpc) is 2.60. The average molecular weight is 340 g/mol. The highest BCUT2D eigenvalue weighted by Gasteiger charge is 2.55. The Hall–Kier alpha value is -1.65. The monoisotopic (exact) mass is 340 g/mol. The lowest BCUT2D eigenvalue weighted by Gasteiger charge is -2.57. The van der Waals surface area contributed by atoms with Gasteiger partial charge in [-0.1, -0.05) is 0 Å². The summed E-state index contributed by atoms with van der Waals surface area (Å²) in [5, 5.41) is 0. The van der Waals surface area contributed by atoms with Crippen molar-refractivity contribution in [3.05, 3.63) is 18.1 Å². The lowest BCUT2D eigenvalue weighted by molar-refractivity contribution is -0.158. The van der Waals surface area contributed by atoms with Crippen LogP contribution >= 0.6 is 0 Å². The summed E-state index contributed by atoms with van der Waals surface area (Å²) in [6, 6.07) is 2.04. The van der Waals surface area contributed by atoms with Crippen LogP contribution in [-0.4, -0.2) is 47.0 Å². The van der Waals surface area contributed by atoms with E-state index in [-0.39, 0.29) is 5.41 Å². The van der Waals surface area contributed by atoms with Crippen molar-refractivity contribution in [2.45, 2.75) is 45.4 Å². The molecule has 25 heavy (non-hydrogen) atoms. The van der Waals surface area contributed by atoms with Crippen molar-refractivity contribution in [2.75, 3.05) is 31.1 Å². The van der Waals surface area contributed by atoms with Crippen LogP contribution in [0.5, 0.6) is 0 Å². The fraction of sp³-hybridized carbons (Fsp3) is 0.750. The maximum absolute atomic E-state index is 13.4. The predicted octanol–water partition coefficient (Wildman–Crippen LogP) is 2.65. The van der Waals surface area contributed by atoms with E-state index >= 15 is 0 Å². The van der Waals surface area contributed by atoms with Crippen molar-refractivity contribution >= 4 is 11.7 Å². The molecule has 1 saturated heterocycles. The summed E-state index contributed by atoms with van der Waals surface area (Å²) in [4.78, 5) is 26.5. The molecule has 5 nitrogen and oxygen atoms in total. The molecule has 2 heterocycles. The molecule has 0 spiro atoms. The van der Waals surface area contributed by atoms with E-state index in [9.17, 15) is 4.79 Å². The van der Waals surface area contributed by atoms with E-state index in [0.29, 0.717) is 5.91 Å². The lowest BCUT2D eigenvalue weighted by atomic mass is 9.49. The number of hydrogen-bond donors (Lipinski definition) is 0. The first-order chi connectivity index (χ1) is 12.1. The van der Waals surface area contributed by atoms with Gasteiger partial charge in [-0.05, 0) is 63.2 Å². The van der Waals surface area contributed by atoms with Crippen LogP contribution in [0.2, 0.25) is 0 Å². The van der Waals surface area contributed by atoms with E-state index in [1.165, 1.54) is 38.5 Å². The standard InChI is InChI=1S/C20H28N4O/c1-14-6-18(22-13-21-14)23-2-4-24(5-3-23)19(25)20-10-15-7-16(11-20)9-17(8-15)12-20/h6,13,15-17H,2-5,7-12H2,1H3. The zero-order valence-corrected chi connectivity index (χ0v) is 15.2. The van der Waals surface area contributed by atoms with Crippen LogP contribution in [-0.2, 0) is 4.79 Å². The first-order valence-corrected chi connectivity index (χ1v) is 9.94. The number of rotatable bonds is 2. The first kappa shape index (κ1) is 15.6. The predicted molar refractivity (Wildman–Crippen MR) is 96.2 cm³/mol. The lowest BCUT2D eigenvalue weighted by Crippen LogP contribution is -2.58. The molecule has 134 valence electrons. The minimum atomic E-state index is 0.00241. The third kappa shape index (κ3) is 2.63. The van der Waals surface area contributed by atoms with Gasteiger partial charge < -0.3 is 9.80 Å². The van der Waals surface area contributed by atoms with Gasteiger partial charge in [0.1, 0.15) is 12.1 Å². The maximum Gasteiger partial charge on any atom is 0.228 e. The number of anilines is 1. The highest BCUT2D eigenvalue weighted by atomic mass is 16.2. The Morgan fingerprint density at radius 3 is 2.16 bits per heavy atom. The van der Waals surface area contributed by atoms with Crippen LogP contribution in [0, 0.1) is 30.1 Å². The molecule has 5 aliphatic rings. The van der Waals surface area contributed by atoms with Gasteiger partial charge in [0, 0.05) is 37.9 Å². The molecule has 4 saturated carbocycles. The molecular formula is C20H28N4O. The van der Waals surface area contributed by atoms with Crippen molar-refractivity contribution in [2.24, 2.45) is 23.2 Å². The number of aromatic nitrogens is 2. The van der Waals surface area contributed by atoms with E-state index in [2.05, 4.69) is 19.8 Å². The molecule has 5 fully saturated rings. The van der Waals surface area contributed by atoms with Crippen molar-refractivity contribution in [3.8, 4) is 0 Å². The Morgan fingerprint density at radius 1 is 1.00 bits per heavy atom. The highest BCUT2D eigenvalue weighted by Crippen LogP contribution is 2.60. The molecule has 1 aromatic rings. The number of amides is 1. The largest absolute Gasteiger partial charge is 0.353 e. The van der Waals surface area contributed by atoms with Gasteiger partial charge in [-0.15, -0.1) is 0 Å². The fourth-order valence-electron chi connectivity index (χ4n) is 6.46. The number of aryl methyl sites for hydroxylation is 1. The van der Waals surface area contributed by atoms with Crippen LogP contribution in [0.15, 0.2) is 12.4 Å². The van der Waals surface area contributed by atoms with Crippen molar-refractivity contribution in [1.82, 2.24) is 14.9 Å². The number of hydrogen-bond acceptors (Lipinski definition) is 4. The van der Waals surface area contributed by atoms with Crippen molar-refractivity contribution in [3.63, 3.8) is 0 Å². The molecule has 0 atom stereocenters. The van der Waals surface area contributed by atoms with Gasteiger partial charge in [0.05, 0.1) is 5.41 Å².